The normalized spacial score (nSPS) is 9.84. The molecule has 2 rings (SSSR count). The summed E-state index contributed by atoms with van der Waals surface area (Å²) in [5.41, 5.74) is 2.24. The molecule has 0 spiro atoms. The van der Waals surface area contributed by atoms with Gasteiger partial charge in [-0.1, -0.05) is 12.1 Å². The van der Waals surface area contributed by atoms with Crippen molar-refractivity contribution in [3.63, 3.8) is 0 Å². The van der Waals surface area contributed by atoms with Gasteiger partial charge in [0.1, 0.15) is 11.6 Å². The van der Waals surface area contributed by atoms with Gasteiger partial charge in [-0.25, -0.2) is 0 Å². The Balaban J connectivity index is 0.00000180. The summed E-state index contributed by atoms with van der Waals surface area (Å²) in [6.07, 6.45) is 0. The Morgan fingerprint density at radius 3 is 2.47 bits per heavy atom. The van der Waals surface area contributed by atoms with Crippen LogP contribution in [0.25, 0.3) is 0 Å². The molecule has 2 aromatic rings. The van der Waals surface area contributed by atoms with Crippen molar-refractivity contribution < 1.29 is 4.74 Å². The lowest BCUT2D eigenvalue weighted by atomic mass is 10.2. The van der Waals surface area contributed by atoms with E-state index < -0.39 is 0 Å². The molecule has 0 amide bonds. The third kappa shape index (κ3) is 4.17. The predicted molar refractivity (Wildman–Crippen MR) is 80.1 cm³/mol. The largest absolute Gasteiger partial charge is 0.494 e. The number of benzene rings is 1. The fourth-order valence-electron chi connectivity index (χ4n) is 1.84. The van der Waals surface area contributed by atoms with Crippen molar-refractivity contribution in [3.05, 3.63) is 41.6 Å². The van der Waals surface area contributed by atoms with Gasteiger partial charge in [-0.2, -0.15) is 5.10 Å². The number of nitrogens with one attached hydrogen (secondary N) is 1. The van der Waals surface area contributed by atoms with Crippen LogP contribution in [0, 0.1) is 6.92 Å². The van der Waals surface area contributed by atoms with Crippen LogP contribution in [0.15, 0.2) is 30.3 Å². The fraction of sp³-hybridized carbons (Fsp3) is 0.357. The minimum Gasteiger partial charge on any atom is -0.494 e. The van der Waals surface area contributed by atoms with Crippen molar-refractivity contribution in [3.8, 4) is 5.75 Å². The first kappa shape index (κ1) is 15.4. The van der Waals surface area contributed by atoms with Crippen molar-refractivity contribution >= 4 is 18.2 Å². The molecule has 0 unspecified atom stereocenters. The quantitative estimate of drug-likeness (QED) is 0.915. The van der Waals surface area contributed by atoms with Crippen molar-refractivity contribution in [1.82, 2.24) is 9.78 Å². The Morgan fingerprint density at radius 2 is 1.95 bits per heavy atom. The molecule has 1 aromatic carbocycles. The van der Waals surface area contributed by atoms with Crippen molar-refractivity contribution in [1.29, 1.82) is 0 Å². The first-order valence-corrected chi connectivity index (χ1v) is 6.15. The Kier molecular flexibility index (Phi) is 5.70. The maximum absolute atomic E-state index is 5.41. The zero-order chi connectivity index (χ0) is 13.0. The van der Waals surface area contributed by atoms with E-state index in [1.165, 1.54) is 5.56 Å². The molecule has 1 N–H and O–H groups in total. The predicted octanol–water partition coefficient (Wildman–Crippen LogP) is 3.16. The van der Waals surface area contributed by atoms with E-state index in [1.807, 2.05) is 43.8 Å². The molecular weight excluding hydrogens is 262 g/mol. The number of aryl methyl sites for hydroxylation is 2. The summed E-state index contributed by atoms with van der Waals surface area (Å²) < 4.78 is 7.26. The number of aromatic nitrogens is 2. The molecular formula is C14H20ClN3O. The smallest absolute Gasteiger partial charge is 0.124 e. The van der Waals surface area contributed by atoms with Crippen LogP contribution in [0.3, 0.4) is 0 Å². The highest BCUT2D eigenvalue weighted by atomic mass is 35.5. The highest BCUT2D eigenvalue weighted by Crippen LogP contribution is 2.14. The number of hydrogen-bond acceptors (Lipinski definition) is 3. The van der Waals surface area contributed by atoms with Gasteiger partial charge in [0.15, 0.2) is 0 Å². The monoisotopic (exact) mass is 281 g/mol. The summed E-state index contributed by atoms with van der Waals surface area (Å²) in [7, 11) is 1.94. The molecule has 104 valence electrons. The van der Waals surface area contributed by atoms with Crippen LogP contribution in [0.1, 0.15) is 18.2 Å². The number of anilines is 1. The summed E-state index contributed by atoms with van der Waals surface area (Å²) in [6, 6.07) is 10.2. The van der Waals surface area contributed by atoms with Crippen LogP contribution >= 0.6 is 12.4 Å². The number of nitrogens with zero attached hydrogens (tertiary/aromatic N) is 2. The molecule has 1 heterocycles. The number of rotatable bonds is 5. The summed E-state index contributed by atoms with van der Waals surface area (Å²) in [4.78, 5) is 0. The van der Waals surface area contributed by atoms with Gasteiger partial charge in [-0.05, 0) is 31.5 Å². The molecule has 0 radical (unpaired) electrons. The molecule has 5 heteroatoms. The first-order chi connectivity index (χ1) is 8.69. The van der Waals surface area contributed by atoms with E-state index >= 15 is 0 Å². The summed E-state index contributed by atoms with van der Waals surface area (Å²) in [6.45, 7) is 5.46. The molecule has 0 saturated heterocycles. The Labute approximate surface area is 120 Å². The summed E-state index contributed by atoms with van der Waals surface area (Å²) in [5, 5.41) is 7.66. The third-order valence-electron chi connectivity index (χ3n) is 2.71. The summed E-state index contributed by atoms with van der Waals surface area (Å²) >= 11 is 0. The van der Waals surface area contributed by atoms with Crippen LogP contribution in [-0.2, 0) is 13.6 Å². The number of halogens is 1. The van der Waals surface area contributed by atoms with E-state index in [0.717, 1.165) is 23.8 Å². The standard InChI is InChI=1S/C14H19N3O.ClH/c1-4-18-13-7-5-12(6-8-13)10-15-14-9-11(2)16-17(14)3;/h5-9,15H,4,10H2,1-3H3;1H. The van der Waals surface area contributed by atoms with E-state index in [1.54, 1.807) is 0 Å². The maximum Gasteiger partial charge on any atom is 0.124 e. The minimum absolute atomic E-state index is 0. The lowest BCUT2D eigenvalue weighted by Gasteiger charge is -2.07. The Morgan fingerprint density at radius 1 is 1.26 bits per heavy atom. The maximum atomic E-state index is 5.41. The highest BCUT2D eigenvalue weighted by Gasteiger charge is 2.01. The first-order valence-electron chi connectivity index (χ1n) is 6.15. The Bertz CT molecular complexity index is 508. The van der Waals surface area contributed by atoms with E-state index in [-0.39, 0.29) is 12.4 Å². The van der Waals surface area contributed by atoms with Gasteiger partial charge in [-0.15, -0.1) is 12.4 Å². The second-order valence-electron chi connectivity index (χ2n) is 4.23. The van der Waals surface area contributed by atoms with E-state index in [4.69, 9.17) is 4.74 Å². The van der Waals surface area contributed by atoms with Gasteiger partial charge in [0.05, 0.1) is 12.3 Å². The van der Waals surface area contributed by atoms with E-state index in [9.17, 15) is 0 Å². The second-order valence-corrected chi connectivity index (χ2v) is 4.23. The molecule has 4 nitrogen and oxygen atoms in total. The molecule has 19 heavy (non-hydrogen) atoms. The van der Waals surface area contributed by atoms with Crippen LogP contribution in [0.4, 0.5) is 5.82 Å². The number of ether oxygens (including phenoxy) is 1. The molecule has 0 fully saturated rings. The molecule has 0 aliphatic carbocycles. The molecule has 0 aliphatic rings. The average molecular weight is 282 g/mol. The van der Waals surface area contributed by atoms with Crippen LogP contribution in [0.5, 0.6) is 5.75 Å². The molecule has 0 bridgehead atoms. The van der Waals surface area contributed by atoms with Crippen LogP contribution < -0.4 is 10.1 Å². The van der Waals surface area contributed by atoms with Crippen molar-refractivity contribution in [2.45, 2.75) is 20.4 Å². The topological polar surface area (TPSA) is 39.1 Å². The third-order valence-corrected chi connectivity index (χ3v) is 2.71. The fourth-order valence-corrected chi connectivity index (χ4v) is 1.84. The lowest BCUT2D eigenvalue weighted by molar-refractivity contribution is 0.340. The highest BCUT2D eigenvalue weighted by molar-refractivity contribution is 5.85. The molecule has 0 atom stereocenters. The van der Waals surface area contributed by atoms with Crippen LogP contribution in [-0.4, -0.2) is 16.4 Å². The van der Waals surface area contributed by atoms with Gasteiger partial charge in [0.25, 0.3) is 0 Å². The van der Waals surface area contributed by atoms with Gasteiger partial charge in [0, 0.05) is 19.7 Å². The molecule has 0 saturated carbocycles. The van der Waals surface area contributed by atoms with Crippen molar-refractivity contribution in [2.24, 2.45) is 7.05 Å². The minimum atomic E-state index is 0. The zero-order valence-corrected chi connectivity index (χ0v) is 12.3. The van der Waals surface area contributed by atoms with Crippen LogP contribution in [0.2, 0.25) is 0 Å². The van der Waals surface area contributed by atoms with Gasteiger partial charge < -0.3 is 10.1 Å². The Hall–Kier alpha value is -1.68. The molecule has 0 aliphatic heterocycles. The average Bonchev–Trinajstić information content (AvgIpc) is 2.67. The summed E-state index contributed by atoms with van der Waals surface area (Å²) in [5.74, 6) is 1.94. The lowest BCUT2D eigenvalue weighted by Crippen LogP contribution is -2.04. The van der Waals surface area contributed by atoms with Gasteiger partial charge in [0.2, 0.25) is 0 Å². The van der Waals surface area contributed by atoms with Gasteiger partial charge >= 0.3 is 0 Å². The number of hydrogen-bond donors (Lipinski definition) is 1. The molecule has 1 aromatic heterocycles. The second kappa shape index (κ2) is 7.04. The van der Waals surface area contributed by atoms with Gasteiger partial charge in [-0.3, -0.25) is 4.68 Å². The van der Waals surface area contributed by atoms with E-state index in [2.05, 4.69) is 22.5 Å². The van der Waals surface area contributed by atoms with E-state index in [0.29, 0.717) is 6.61 Å². The SMILES string of the molecule is CCOc1ccc(CNc2cc(C)nn2C)cc1.Cl. The van der Waals surface area contributed by atoms with Crippen molar-refractivity contribution in [2.75, 3.05) is 11.9 Å². The zero-order valence-electron chi connectivity index (χ0n) is 11.5.